The lowest BCUT2D eigenvalue weighted by Crippen LogP contribution is -2.35. The maximum Gasteiger partial charge on any atom is 0.257 e. The molecule has 0 rings (SSSR count). The fraction of sp³-hybridized carbons (Fsp3) is 0.889. The number of amides is 1. The van der Waals surface area contributed by atoms with Crippen molar-refractivity contribution in [3.05, 3.63) is 0 Å². The Morgan fingerprint density at radius 1 is 1.43 bits per heavy atom. The molecule has 0 atom stereocenters. The van der Waals surface area contributed by atoms with Crippen LogP contribution in [-0.2, 0) is 14.4 Å². The molecule has 0 aliphatic carbocycles. The first kappa shape index (κ1) is 13.4. The number of carbonyl (C=O) groups excluding carboxylic acids is 1. The summed E-state index contributed by atoms with van der Waals surface area (Å²) in [7, 11) is 1.62. The molecule has 0 fully saturated rings. The van der Waals surface area contributed by atoms with E-state index in [4.69, 9.17) is 9.57 Å². The Morgan fingerprint density at radius 3 is 2.71 bits per heavy atom. The van der Waals surface area contributed by atoms with E-state index in [0.717, 1.165) is 0 Å². The zero-order valence-electron chi connectivity index (χ0n) is 9.13. The van der Waals surface area contributed by atoms with E-state index in [-0.39, 0.29) is 12.5 Å². The fourth-order valence-corrected chi connectivity index (χ4v) is 0.701. The van der Waals surface area contributed by atoms with Gasteiger partial charge in [0.1, 0.15) is 0 Å². The molecule has 0 aromatic heterocycles. The lowest BCUT2D eigenvalue weighted by atomic mass is 10.2. The van der Waals surface area contributed by atoms with Gasteiger partial charge < -0.3 is 10.1 Å². The van der Waals surface area contributed by atoms with Gasteiger partial charge in [-0.05, 0) is 5.92 Å². The monoisotopic (exact) mass is 204 g/mol. The van der Waals surface area contributed by atoms with Crippen molar-refractivity contribution >= 4 is 5.91 Å². The van der Waals surface area contributed by atoms with E-state index in [2.05, 4.69) is 10.8 Å². The molecule has 5 nitrogen and oxygen atoms in total. The number of methoxy groups -OCH3 is 1. The smallest absolute Gasteiger partial charge is 0.257 e. The van der Waals surface area contributed by atoms with Gasteiger partial charge >= 0.3 is 0 Å². The zero-order chi connectivity index (χ0) is 10.8. The van der Waals surface area contributed by atoms with Crippen molar-refractivity contribution < 1.29 is 14.4 Å². The molecule has 0 heterocycles. The van der Waals surface area contributed by atoms with E-state index in [1.807, 2.05) is 13.8 Å². The predicted molar refractivity (Wildman–Crippen MR) is 53.7 cm³/mol. The van der Waals surface area contributed by atoms with Gasteiger partial charge in [-0.15, -0.1) is 0 Å². The van der Waals surface area contributed by atoms with Gasteiger partial charge in [-0.1, -0.05) is 13.8 Å². The molecular weight excluding hydrogens is 184 g/mol. The minimum absolute atomic E-state index is 0.165. The van der Waals surface area contributed by atoms with Gasteiger partial charge in [0.15, 0.2) is 0 Å². The maximum absolute atomic E-state index is 11.0. The lowest BCUT2D eigenvalue weighted by Gasteiger charge is -2.08. The van der Waals surface area contributed by atoms with Crippen molar-refractivity contribution in [2.75, 3.05) is 33.4 Å². The highest BCUT2D eigenvalue weighted by atomic mass is 16.6. The first-order valence-corrected chi connectivity index (χ1v) is 4.77. The Bertz CT molecular complexity index is 151. The standard InChI is InChI=1S/C9H20N2O3/c1-8(2)7-14-11-9(12)6-10-4-5-13-3/h8,10H,4-7H2,1-3H3,(H,11,12). The first-order chi connectivity index (χ1) is 6.66. The third-order valence-electron chi connectivity index (χ3n) is 1.37. The third kappa shape index (κ3) is 9.44. The minimum Gasteiger partial charge on any atom is -0.383 e. The van der Waals surface area contributed by atoms with Gasteiger partial charge in [-0.2, -0.15) is 0 Å². The van der Waals surface area contributed by atoms with Crippen LogP contribution in [0.2, 0.25) is 0 Å². The van der Waals surface area contributed by atoms with Crippen LogP contribution in [0.15, 0.2) is 0 Å². The number of hydrogen-bond acceptors (Lipinski definition) is 4. The lowest BCUT2D eigenvalue weighted by molar-refractivity contribution is -0.133. The van der Waals surface area contributed by atoms with Gasteiger partial charge in [0.05, 0.1) is 19.8 Å². The summed E-state index contributed by atoms with van der Waals surface area (Å²) in [5.41, 5.74) is 2.35. The van der Waals surface area contributed by atoms with Gasteiger partial charge in [0.2, 0.25) is 0 Å². The average molecular weight is 204 g/mol. The summed E-state index contributed by atoms with van der Waals surface area (Å²) in [5, 5.41) is 2.91. The molecule has 0 saturated heterocycles. The maximum atomic E-state index is 11.0. The molecule has 14 heavy (non-hydrogen) atoms. The van der Waals surface area contributed by atoms with E-state index >= 15 is 0 Å². The number of nitrogens with one attached hydrogen (secondary N) is 2. The SMILES string of the molecule is COCCNCC(=O)NOCC(C)C. The minimum atomic E-state index is -0.165. The van der Waals surface area contributed by atoms with Crippen molar-refractivity contribution in [3.8, 4) is 0 Å². The first-order valence-electron chi connectivity index (χ1n) is 4.77. The highest BCUT2D eigenvalue weighted by Gasteiger charge is 2.00. The molecule has 0 bridgehead atoms. The summed E-state index contributed by atoms with van der Waals surface area (Å²) in [6.07, 6.45) is 0. The van der Waals surface area contributed by atoms with Crippen LogP contribution in [0, 0.1) is 5.92 Å². The van der Waals surface area contributed by atoms with Gasteiger partial charge in [0, 0.05) is 13.7 Å². The van der Waals surface area contributed by atoms with Crippen molar-refractivity contribution in [2.45, 2.75) is 13.8 Å². The molecule has 0 saturated carbocycles. The van der Waals surface area contributed by atoms with Gasteiger partial charge in [0.25, 0.3) is 5.91 Å². The van der Waals surface area contributed by atoms with Crippen LogP contribution in [0.3, 0.4) is 0 Å². The molecule has 0 aliphatic rings. The van der Waals surface area contributed by atoms with Crippen LogP contribution in [-0.4, -0.2) is 39.3 Å². The number of carbonyl (C=O) groups is 1. The summed E-state index contributed by atoms with van der Waals surface area (Å²) in [5.74, 6) is 0.249. The van der Waals surface area contributed by atoms with Crippen molar-refractivity contribution in [2.24, 2.45) is 5.92 Å². The third-order valence-corrected chi connectivity index (χ3v) is 1.37. The zero-order valence-corrected chi connectivity index (χ0v) is 9.13. The highest BCUT2D eigenvalue weighted by Crippen LogP contribution is 1.89. The summed E-state index contributed by atoms with van der Waals surface area (Å²) in [6.45, 7) is 6.07. The number of rotatable bonds is 8. The molecule has 1 amide bonds. The Morgan fingerprint density at radius 2 is 2.14 bits per heavy atom. The van der Waals surface area contributed by atoms with Crippen LogP contribution in [0.1, 0.15) is 13.8 Å². The van der Waals surface area contributed by atoms with E-state index in [9.17, 15) is 4.79 Å². The average Bonchev–Trinajstić information content (AvgIpc) is 2.12. The topological polar surface area (TPSA) is 59.6 Å². The molecule has 0 aliphatic heterocycles. The van der Waals surface area contributed by atoms with Crippen LogP contribution in [0.5, 0.6) is 0 Å². The van der Waals surface area contributed by atoms with E-state index in [1.165, 1.54) is 0 Å². The normalized spacial score (nSPS) is 10.6. The summed E-state index contributed by atoms with van der Waals surface area (Å²) < 4.78 is 4.81. The second kappa shape index (κ2) is 8.93. The molecule has 0 aromatic rings. The molecule has 5 heteroatoms. The molecule has 2 N–H and O–H groups in total. The summed E-state index contributed by atoms with van der Waals surface area (Å²) in [4.78, 5) is 16.0. The van der Waals surface area contributed by atoms with Crippen LogP contribution in [0.4, 0.5) is 0 Å². The van der Waals surface area contributed by atoms with Crippen molar-refractivity contribution in [3.63, 3.8) is 0 Å². The number of hydrogen-bond donors (Lipinski definition) is 2. The second-order valence-corrected chi connectivity index (χ2v) is 3.40. The Labute approximate surface area is 85.1 Å². The number of ether oxygens (including phenoxy) is 1. The molecule has 0 spiro atoms. The van der Waals surface area contributed by atoms with Crippen molar-refractivity contribution in [1.29, 1.82) is 0 Å². The number of hydroxylamine groups is 1. The van der Waals surface area contributed by atoms with E-state index in [0.29, 0.717) is 25.7 Å². The molecule has 0 radical (unpaired) electrons. The Hall–Kier alpha value is -0.650. The quantitative estimate of drug-likeness (QED) is 0.429. The van der Waals surface area contributed by atoms with E-state index in [1.54, 1.807) is 7.11 Å². The van der Waals surface area contributed by atoms with Crippen LogP contribution in [0.25, 0.3) is 0 Å². The fourth-order valence-electron chi connectivity index (χ4n) is 0.701. The second-order valence-electron chi connectivity index (χ2n) is 3.40. The van der Waals surface area contributed by atoms with Crippen molar-refractivity contribution in [1.82, 2.24) is 10.8 Å². The highest BCUT2D eigenvalue weighted by molar-refractivity contribution is 5.76. The molecule has 0 unspecified atom stereocenters. The largest absolute Gasteiger partial charge is 0.383 e. The van der Waals surface area contributed by atoms with Gasteiger partial charge in [-0.25, -0.2) is 5.48 Å². The van der Waals surface area contributed by atoms with Gasteiger partial charge in [-0.3, -0.25) is 9.63 Å². The van der Waals surface area contributed by atoms with Crippen LogP contribution < -0.4 is 10.8 Å². The summed E-state index contributed by atoms with van der Waals surface area (Å²) >= 11 is 0. The van der Waals surface area contributed by atoms with Crippen LogP contribution >= 0.6 is 0 Å². The molecule has 84 valence electrons. The Balaban J connectivity index is 3.20. The predicted octanol–water partition coefficient (Wildman–Crippen LogP) is -0.0738. The van der Waals surface area contributed by atoms with E-state index < -0.39 is 0 Å². The molecule has 0 aromatic carbocycles. The Kier molecular flexibility index (Phi) is 8.51. The molecular formula is C9H20N2O3. The summed E-state index contributed by atoms with van der Waals surface area (Å²) in [6, 6.07) is 0.